The van der Waals surface area contributed by atoms with Crippen LogP contribution in [0.3, 0.4) is 0 Å². The lowest BCUT2D eigenvalue weighted by atomic mass is 10.3. The van der Waals surface area contributed by atoms with Crippen molar-refractivity contribution >= 4 is 22.8 Å². The van der Waals surface area contributed by atoms with Gasteiger partial charge in [-0.15, -0.1) is 10.2 Å². The van der Waals surface area contributed by atoms with E-state index in [1.54, 1.807) is 12.1 Å². The zero-order valence-corrected chi connectivity index (χ0v) is 12.7. The lowest BCUT2D eigenvalue weighted by molar-refractivity contribution is -0.141. The second-order valence-corrected chi connectivity index (χ2v) is 5.52. The fourth-order valence-electron chi connectivity index (χ4n) is 1.89. The Labute approximate surface area is 133 Å². The van der Waals surface area contributed by atoms with Gasteiger partial charge in [-0.1, -0.05) is 0 Å². The number of aromatic amines is 1. The van der Waals surface area contributed by atoms with Gasteiger partial charge in [-0.2, -0.15) is 13.2 Å². The van der Waals surface area contributed by atoms with Gasteiger partial charge in [0.25, 0.3) is 0 Å². The minimum atomic E-state index is -4.49. The van der Waals surface area contributed by atoms with Crippen LogP contribution >= 0.6 is 11.8 Å². The summed E-state index contributed by atoms with van der Waals surface area (Å²) < 4.78 is 42.7. The van der Waals surface area contributed by atoms with Crippen molar-refractivity contribution in [2.24, 2.45) is 0 Å². The Morgan fingerprint density at radius 1 is 1.17 bits per heavy atom. The summed E-state index contributed by atoms with van der Waals surface area (Å²) in [6.45, 7) is 2.45. The average molecular weight is 340 g/mol. The number of nitrogens with one attached hydrogen (secondary N) is 1. The first kappa shape index (κ1) is 15.6. The number of alkyl halides is 3. The Morgan fingerprint density at radius 3 is 2.65 bits per heavy atom. The molecule has 0 saturated carbocycles. The summed E-state index contributed by atoms with van der Waals surface area (Å²) >= 11 is 1.10. The Morgan fingerprint density at radius 2 is 2.00 bits per heavy atom. The molecule has 3 rings (SSSR count). The smallest absolute Gasteiger partial charge is 0.435 e. The molecule has 2 heterocycles. The third-order valence-corrected chi connectivity index (χ3v) is 3.69. The van der Waals surface area contributed by atoms with Crippen molar-refractivity contribution in [2.75, 3.05) is 6.61 Å². The molecule has 0 radical (unpaired) electrons. The predicted molar refractivity (Wildman–Crippen MR) is 78.4 cm³/mol. The van der Waals surface area contributed by atoms with E-state index in [0.29, 0.717) is 16.8 Å². The third-order valence-electron chi connectivity index (χ3n) is 2.87. The van der Waals surface area contributed by atoms with Gasteiger partial charge < -0.3 is 9.72 Å². The average Bonchev–Trinajstić information content (AvgIpc) is 2.88. The quantitative estimate of drug-likeness (QED) is 0.780. The highest BCUT2D eigenvalue weighted by Gasteiger charge is 2.32. The van der Waals surface area contributed by atoms with Gasteiger partial charge in [0, 0.05) is 6.07 Å². The summed E-state index contributed by atoms with van der Waals surface area (Å²) in [6, 6.07) is 7.58. The summed E-state index contributed by atoms with van der Waals surface area (Å²) in [4.78, 5) is 7.41. The van der Waals surface area contributed by atoms with Gasteiger partial charge in [0.05, 0.1) is 17.6 Å². The highest BCUT2D eigenvalue weighted by molar-refractivity contribution is 7.99. The van der Waals surface area contributed by atoms with Gasteiger partial charge in [-0.25, -0.2) is 4.98 Å². The number of hydrogen-bond acceptors (Lipinski definition) is 5. The van der Waals surface area contributed by atoms with E-state index in [0.717, 1.165) is 34.6 Å². The van der Waals surface area contributed by atoms with E-state index in [4.69, 9.17) is 4.74 Å². The number of ether oxygens (including phenoxy) is 1. The number of rotatable bonds is 4. The van der Waals surface area contributed by atoms with Crippen LogP contribution in [0.2, 0.25) is 0 Å². The molecule has 0 aliphatic rings. The van der Waals surface area contributed by atoms with Crippen LogP contribution in [0.15, 0.2) is 40.5 Å². The SMILES string of the molecule is CCOc1ccc2nc(Sc3ccc(C(F)(F)F)nn3)[nH]c2c1. The van der Waals surface area contributed by atoms with E-state index in [1.165, 1.54) is 6.07 Å². The molecule has 0 amide bonds. The van der Waals surface area contributed by atoms with Crippen molar-refractivity contribution in [1.82, 2.24) is 20.2 Å². The van der Waals surface area contributed by atoms with Gasteiger partial charge in [0.1, 0.15) is 10.8 Å². The van der Waals surface area contributed by atoms with E-state index in [1.807, 2.05) is 13.0 Å². The topological polar surface area (TPSA) is 63.7 Å². The molecule has 9 heteroatoms. The molecular weight excluding hydrogens is 329 g/mol. The molecule has 120 valence electrons. The molecule has 5 nitrogen and oxygen atoms in total. The number of fused-ring (bicyclic) bond motifs is 1. The van der Waals surface area contributed by atoms with Crippen LogP contribution in [-0.2, 0) is 6.18 Å². The molecule has 2 aromatic heterocycles. The first-order valence-electron chi connectivity index (χ1n) is 6.67. The lowest BCUT2D eigenvalue weighted by Crippen LogP contribution is -2.08. The van der Waals surface area contributed by atoms with Crippen LogP contribution in [0, 0.1) is 0 Å². The number of aromatic nitrogens is 4. The Balaban J connectivity index is 1.81. The molecule has 0 unspecified atom stereocenters. The Kier molecular flexibility index (Phi) is 4.12. The van der Waals surface area contributed by atoms with Crippen LogP contribution in [0.1, 0.15) is 12.6 Å². The van der Waals surface area contributed by atoms with Gasteiger partial charge in [0.2, 0.25) is 0 Å². The Hall–Kier alpha value is -2.29. The fourth-order valence-corrected chi connectivity index (χ4v) is 2.62. The third kappa shape index (κ3) is 3.55. The number of imidazole rings is 1. The number of benzene rings is 1. The predicted octanol–water partition coefficient (Wildman–Crippen LogP) is 3.92. The van der Waals surface area contributed by atoms with Crippen LogP contribution in [0.5, 0.6) is 5.75 Å². The second-order valence-electron chi connectivity index (χ2n) is 4.51. The van der Waals surface area contributed by atoms with Crippen LogP contribution < -0.4 is 4.74 Å². The number of nitrogens with zero attached hydrogens (tertiary/aromatic N) is 3. The summed E-state index contributed by atoms with van der Waals surface area (Å²) in [5.74, 6) is 0.717. The summed E-state index contributed by atoms with van der Waals surface area (Å²) in [5, 5.41) is 7.58. The van der Waals surface area contributed by atoms with Crippen LogP contribution in [-0.4, -0.2) is 26.8 Å². The maximum Gasteiger partial charge on any atom is 0.435 e. The van der Waals surface area contributed by atoms with E-state index >= 15 is 0 Å². The van der Waals surface area contributed by atoms with E-state index < -0.39 is 11.9 Å². The number of halogens is 3. The number of hydrogen-bond donors (Lipinski definition) is 1. The molecule has 0 aliphatic heterocycles. The van der Waals surface area contributed by atoms with Crippen molar-refractivity contribution < 1.29 is 17.9 Å². The minimum absolute atomic E-state index is 0.321. The summed E-state index contributed by atoms with van der Waals surface area (Å²) in [6.07, 6.45) is -4.49. The highest BCUT2D eigenvalue weighted by Crippen LogP contribution is 2.30. The standard InChI is InChI=1S/C14H11F3N4OS/c1-2-22-8-3-4-9-10(7-8)19-13(18-9)23-12-6-5-11(20-21-12)14(15,16)17/h3-7H,2H2,1H3,(H,18,19). The van der Waals surface area contributed by atoms with Crippen molar-refractivity contribution in [3.8, 4) is 5.75 Å². The van der Waals surface area contributed by atoms with E-state index in [-0.39, 0.29) is 0 Å². The van der Waals surface area contributed by atoms with Crippen molar-refractivity contribution in [2.45, 2.75) is 23.3 Å². The molecule has 3 aromatic rings. The fraction of sp³-hybridized carbons (Fsp3) is 0.214. The van der Waals surface area contributed by atoms with E-state index in [2.05, 4.69) is 20.2 Å². The van der Waals surface area contributed by atoms with Crippen molar-refractivity contribution in [3.05, 3.63) is 36.0 Å². The molecular formula is C14H11F3N4OS. The molecule has 23 heavy (non-hydrogen) atoms. The minimum Gasteiger partial charge on any atom is -0.494 e. The monoisotopic (exact) mass is 340 g/mol. The first-order chi connectivity index (χ1) is 11.0. The molecule has 0 atom stereocenters. The molecule has 0 aliphatic carbocycles. The largest absolute Gasteiger partial charge is 0.494 e. The normalized spacial score (nSPS) is 11.8. The lowest BCUT2D eigenvalue weighted by Gasteiger charge is -2.04. The molecule has 0 bridgehead atoms. The van der Waals surface area contributed by atoms with E-state index in [9.17, 15) is 13.2 Å². The zero-order chi connectivity index (χ0) is 16.4. The van der Waals surface area contributed by atoms with Crippen molar-refractivity contribution in [3.63, 3.8) is 0 Å². The van der Waals surface area contributed by atoms with Crippen LogP contribution in [0.4, 0.5) is 13.2 Å². The molecule has 0 fully saturated rings. The van der Waals surface area contributed by atoms with Gasteiger partial charge in [0.15, 0.2) is 10.9 Å². The first-order valence-corrected chi connectivity index (χ1v) is 7.48. The Bertz CT molecular complexity index is 817. The molecule has 1 aromatic carbocycles. The van der Waals surface area contributed by atoms with Crippen molar-refractivity contribution in [1.29, 1.82) is 0 Å². The zero-order valence-electron chi connectivity index (χ0n) is 11.9. The molecule has 1 N–H and O–H groups in total. The van der Waals surface area contributed by atoms with Gasteiger partial charge in [-0.05, 0) is 43.0 Å². The highest BCUT2D eigenvalue weighted by atomic mass is 32.2. The molecule has 0 spiro atoms. The maximum atomic E-state index is 12.4. The van der Waals surface area contributed by atoms with Crippen LogP contribution in [0.25, 0.3) is 11.0 Å². The molecule has 0 saturated heterocycles. The summed E-state index contributed by atoms with van der Waals surface area (Å²) in [7, 11) is 0. The van der Waals surface area contributed by atoms with Gasteiger partial charge >= 0.3 is 6.18 Å². The van der Waals surface area contributed by atoms with Gasteiger partial charge in [-0.3, -0.25) is 0 Å². The maximum absolute atomic E-state index is 12.4. The second kappa shape index (κ2) is 6.07. The number of H-pyrrole nitrogens is 1. The summed E-state index contributed by atoms with van der Waals surface area (Å²) in [5.41, 5.74) is 0.488.